The molecule has 0 fully saturated rings. The van der Waals surface area contributed by atoms with Crippen LogP contribution in [0.1, 0.15) is 10.4 Å². The third kappa shape index (κ3) is 3.31. The fourth-order valence-electron chi connectivity index (χ4n) is 1.58. The van der Waals surface area contributed by atoms with Gasteiger partial charge in [0.1, 0.15) is 12.4 Å². The molecule has 0 saturated carbocycles. The van der Waals surface area contributed by atoms with Crippen LogP contribution in [0.15, 0.2) is 40.2 Å². The van der Waals surface area contributed by atoms with Crippen molar-refractivity contribution in [2.45, 2.75) is 13.0 Å². The Morgan fingerprint density at radius 2 is 2.06 bits per heavy atom. The number of thiophene rings is 1. The predicted octanol–water partition coefficient (Wildman–Crippen LogP) is 3.59. The van der Waals surface area contributed by atoms with E-state index < -0.39 is 0 Å². The first kappa shape index (κ1) is 12.6. The molecule has 2 rings (SSSR count). The molecule has 0 saturated heterocycles. The highest BCUT2D eigenvalue weighted by Crippen LogP contribution is 2.25. The Morgan fingerprint density at radius 3 is 2.76 bits per heavy atom. The van der Waals surface area contributed by atoms with E-state index in [1.54, 1.807) is 11.3 Å². The van der Waals surface area contributed by atoms with Gasteiger partial charge in [-0.2, -0.15) is 0 Å². The third-order valence-electron chi connectivity index (χ3n) is 2.44. The second-order valence-electron chi connectivity index (χ2n) is 3.63. The molecule has 0 aliphatic heterocycles. The van der Waals surface area contributed by atoms with E-state index in [1.807, 2.05) is 24.3 Å². The summed E-state index contributed by atoms with van der Waals surface area (Å²) in [6.45, 7) is 1.24. The largest absolute Gasteiger partial charge is 0.488 e. The maximum atomic E-state index is 5.84. The second-order valence-corrected chi connectivity index (χ2v) is 5.48. The van der Waals surface area contributed by atoms with Gasteiger partial charge in [0, 0.05) is 4.47 Å². The quantitative estimate of drug-likeness (QED) is 0.916. The fraction of sp³-hybridized carbons (Fsp3) is 0.231. The van der Waals surface area contributed by atoms with Crippen LogP contribution in [0.4, 0.5) is 0 Å². The van der Waals surface area contributed by atoms with Gasteiger partial charge in [0.2, 0.25) is 0 Å². The fourth-order valence-corrected chi connectivity index (χ4v) is 2.96. The van der Waals surface area contributed by atoms with Gasteiger partial charge < -0.3 is 10.5 Å². The molecule has 17 heavy (non-hydrogen) atoms. The summed E-state index contributed by atoms with van der Waals surface area (Å²) in [5.41, 5.74) is 6.75. The van der Waals surface area contributed by atoms with Gasteiger partial charge in [-0.25, -0.2) is 0 Å². The van der Waals surface area contributed by atoms with Crippen molar-refractivity contribution in [2.75, 3.05) is 6.54 Å². The smallest absolute Gasteiger partial charge is 0.124 e. The van der Waals surface area contributed by atoms with Crippen LogP contribution in [0, 0.1) is 0 Å². The van der Waals surface area contributed by atoms with Crippen LogP contribution in [0.5, 0.6) is 5.75 Å². The van der Waals surface area contributed by atoms with Crippen molar-refractivity contribution in [3.05, 3.63) is 50.6 Å². The van der Waals surface area contributed by atoms with Crippen LogP contribution < -0.4 is 10.5 Å². The first-order valence-corrected chi connectivity index (χ1v) is 7.11. The minimum Gasteiger partial charge on any atom is -0.488 e. The minimum absolute atomic E-state index is 0.597. The van der Waals surface area contributed by atoms with Gasteiger partial charge in [0.05, 0.1) is 4.88 Å². The van der Waals surface area contributed by atoms with Crippen molar-refractivity contribution in [3.63, 3.8) is 0 Å². The van der Waals surface area contributed by atoms with Crippen molar-refractivity contribution < 1.29 is 4.74 Å². The summed E-state index contributed by atoms with van der Waals surface area (Å²) in [4.78, 5) is 1.20. The summed E-state index contributed by atoms with van der Waals surface area (Å²) in [6, 6.07) is 10.1. The van der Waals surface area contributed by atoms with Crippen LogP contribution in [0.3, 0.4) is 0 Å². The van der Waals surface area contributed by atoms with Gasteiger partial charge in [0.25, 0.3) is 0 Å². The topological polar surface area (TPSA) is 35.2 Å². The Kier molecular flexibility index (Phi) is 4.59. The maximum Gasteiger partial charge on any atom is 0.124 e. The Morgan fingerprint density at radius 1 is 1.24 bits per heavy atom. The van der Waals surface area contributed by atoms with Crippen molar-refractivity contribution in [3.8, 4) is 5.75 Å². The lowest BCUT2D eigenvalue weighted by Crippen LogP contribution is -2.05. The Balaban J connectivity index is 2.06. The second kappa shape index (κ2) is 6.19. The van der Waals surface area contributed by atoms with Gasteiger partial charge in [-0.05, 0) is 52.0 Å². The predicted molar refractivity (Wildman–Crippen MR) is 75.6 cm³/mol. The molecule has 1 aromatic carbocycles. The molecular formula is C13H14BrNOS. The third-order valence-corrected chi connectivity index (χ3v) is 4.34. The number of ether oxygens (including phenoxy) is 1. The van der Waals surface area contributed by atoms with E-state index in [1.165, 1.54) is 10.4 Å². The van der Waals surface area contributed by atoms with Gasteiger partial charge in [0.15, 0.2) is 0 Å². The van der Waals surface area contributed by atoms with Crippen LogP contribution in [0.2, 0.25) is 0 Å². The first-order valence-electron chi connectivity index (χ1n) is 5.44. The molecule has 0 aliphatic rings. The molecule has 0 amide bonds. The summed E-state index contributed by atoms with van der Waals surface area (Å²) < 4.78 is 6.95. The zero-order valence-electron chi connectivity index (χ0n) is 9.36. The summed E-state index contributed by atoms with van der Waals surface area (Å²) in [6.07, 6.45) is 0.849. The Bertz CT molecular complexity index is 484. The van der Waals surface area contributed by atoms with Gasteiger partial charge in [-0.15, -0.1) is 11.3 Å². The molecule has 2 N–H and O–H groups in total. The highest BCUT2D eigenvalue weighted by molar-refractivity contribution is 9.10. The minimum atomic E-state index is 0.597. The average molecular weight is 312 g/mol. The molecule has 2 nitrogen and oxygen atoms in total. The molecule has 4 heteroatoms. The Hall–Kier alpha value is -0.840. The molecule has 0 aliphatic carbocycles. The van der Waals surface area contributed by atoms with Crippen LogP contribution >= 0.6 is 27.3 Å². The molecule has 2 aromatic rings. The monoisotopic (exact) mass is 311 g/mol. The van der Waals surface area contributed by atoms with Crippen molar-refractivity contribution >= 4 is 27.3 Å². The molecule has 1 heterocycles. The summed E-state index contributed by atoms with van der Waals surface area (Å²) >= 11 is 5.19. The number of rotatable bonds is 5. The van der Waals surface area contributed by atoms with E-state index in [0.29, 0.717) is 13.2 Å². The zero-order chi connectivity index (χ0) is 12.1. The van der Waals surface area contributed by atoms with E-state index in [-0.39, 0.29) is 0 Å². The van der Waals surface area contributed by atoms with Gasteiger partial charge >= 0.3 is 0 Å². The lowest BCUT2D eigenvalue weighted by atomic mass is 10.1. The molecule has 0 unspecified atom stereocenters. The maximum absolute atomic E-state index is 5.84. The van der Waals surface area contributed by atoms with E-state index >= 15 is 0 Å². The van der Waals surface area contributed by atoms with Crippen LogP contribution in [-0.2, 0) is 13.0 Å². The molecule has 90 valence electrons. The Labute approximate surface area is 114 Å². The normalized spacial score (nSPS) is 10.5. The SMILES string of the molecule is NCCc1ccccc1OCc1sccc1Br. The highest BCUT2D eigenvalue weighted by Gasteiger charge is 2.05. The number of benzene rings is 1. The number of nitrogens with two attached hydrogens (primary N) is 1. The van der Waals surface area contributed by atoms with Crippen molar-refractivity contribution in [1.82, 2.24) is 0 Å². The number of halogens is 1. The van der Waals surface area contributed by atoms with E-state index in [4.69, 9.17) is 10.5 Å². The highest BCUT2D eigenvalue weighted by atomic mass is 79.9. The number of hydrogen-bond donors (Lipinski definition) is 1. The molecule has 0 spiro atoms. The van der Waals surface area contributed by atoms with E-state index in [2.05, 4.69) is 27.4 Å². The van der Waals surface area contributed by atoms with E-state index in [9.17, 15) is 0 Å². The lowest BCUT2D eigenvalue weighted by molar-refractivity contribution is 0.306. The van der Waals surface area contributed by atoms with Crippen molar-refractivity contribution in [2.24, 2.45) is 5.73 Å². The first-order chi connectivity index (χ1) is 8.31. The lowest BCUT2D eigenvalue weighted by Gasteiger charge is -2.10. The molecule has 0 bridgehead atoms. The summed E-state index contributed by atoms with van der Waals surface area (Å²) in [7, 11) is 0. The average Bonchev–Trinajstić information content (AvgIpc) is 2.74. The molecular weight excluding hydrogens is 298 g/mol. The number of para-hydroxylation sites is 1. The van der Waals surface area contributed by atoms with Gasteiger partial charge in [-0.1, -0.05) is 18.2 Å². The van der Waals surface area contributed by atoms with Crippen molar-refractivity contribution in [1.29, 1.82) is 0 Å². The molecule has 0 atom stereocenters. The van der Waals surface area contributed by atoms with E-state index in [0.717, 1.165) is 16.6 Å². The van der Waals surface area contributed by atoms with Crippen LogP contribution in [0.25, 0.3) is 0 Å². The zero-order valence-corrected chi connectivity index (χ0v) is 11.8. The van der Waals surface area contributed by atoms with Gasteiger partial charge in [-0.3, -0.25) is 0 Å². The molecule has 0 radical (unpaired) electrons. The summed E-state index contributed by atoms with van der Waals surface area (Å²) in [5.74, 6) is 0.929. The molecule has 1 aromatic heterocycles. The standard InChI is InChI=1S/C13H14BrNOS/c14-11-6-8-17-13(11)9-16-12-4-2-1-3-10(12)5-7-15/h1-4,6,8H,5,7,9,15H2. The van der Waals surface area contributed by atoms with Crippen LogP contribution in [-0.4, -0.2) is 6.54 Å². The number of hydrogen-bond acceptors (Lipinski definition) is 3. The summed E-state index contributed by atoms with van der Waals surface area (Å²) in [5, 5.41) is 2.05.